The van der Waals surface area contributed by atoms with Crippen LogP contribution in [0.3, 0.4) is 0 Å². The van der Waals surface area contributed by atoms with Crippen molar-refractivity contribution in [2.75, 3.05) is 13.6 Å². The minimum Gasteiger partial charge on any atom is -0.347 e. The number of carbonyl (C=O) groups is 1. The predicted octanol–water partition coefficient (Wildman–Crippen LogP) is 2.30. The molecule has 0 aliphatic heterocycles. The van der Waals surface area contributed by atoms with Crippen molar-refractivity contribution in [1.82, 2.24) is 10.3 Å². The third-order valence-electron chi connectivity index (χ3n) is 3.62. The van der Waals surface area contributed by atoms with E-state index in [9.17, 15) is 4.79 Å². The zero-order valence-electron chi connectivity index (χ0n) is 15.3. The van der Waals surface area contributed by atoms with Crippen molar-refractivity contribution in [2.24, 2.45) is 0 Å². The summed E-state index contributed by atoms with van der Waals surface area (Å²) in [6.07, 6.45) is 1.05. The van der Waals surface area contributed by atoms with Crippen LogP contribution in [0.5, 0.6) is 0 Å². The van der Waals surface area contributed by atoms with Crippen LogP contribution in [0, 0.1) is 0 Å². The van der Waals surface area contributed by atoms with Gasteiger partial charge in [0.15, 0.2) is 6.54 Å². The summed E-state index contributed by atoms with van der Waals surface area (Å²) >= 11 is 1.66. The second-order valence-corrected chi connectivity index (χ2v) is 8.16. The first-order chi connectivity index (χ1) is 11.3. The number of hydrogen-bond acceptors (Lipinski definition) is 3. The number of thiazole rings is 1. The highest BCUT2D eigenvalue weighted by atomic mass is 32.1. The number of benzene rings is 1. The number of rotatable bonds is 6. The van der Waals surface area contributed by atoms with Gasteiger partial charge in [0.2, 0.25) is 0 Å². The van der Waals surface area contributed by atoms with E-state index < -0.39 is 0 Å². The molecule has 0 aliphatic carbocycles. The highest BCUT2D eigenvalue weighted by Gasteiger charge is 2.18. The van der Waals surface area contributed by atoms with Crippen molar-refractivity contribution in [3.8, 4) is 10.6 Å². The predicted molar refractivity (Wildman–Crippen MR) is 100 cm³/mol. The molecule has 0 bridgehead atoms. The summed E-state index contributed by atoms with van der Waals surface area (Å²) in [6, 6.07) is 8.58. The van der Waals surface area contributed by atoms with Crippen LogP contribution in [-0.2, 0) is 17.8 Å². The van der Waals surface area contributed by atoms with Crippen LogP contribution in [0.2, 0.25) is 0 Å². The zero-order chi connectivity index (χ0) is 17.7. The average Bonchev–Trinajstić information content (AvgIpc) is 2.93. The highest BCUT2D eigenvalue weighted by molar-refractivity contribution is 7.13. The number of quaternary nitrogens is 1. The smallest absolute Gasteiger partial charge is 0.275 e. The highest BCUT2D eigenvalue weighted by Crippen LogP contribution is 2.23. The van der Waals surface area contributed by atoms with Crippen molar-refractivity contribution < 1.29 is 9.69 Å². The summed E-state index contributed by atoms with van der Waals surface area (Å²) in [5, 5.41) is 6.13. The van der Waals surface area contributed by atoms with Crippen molar-refractivity contribution in [3.05, 3.63) is 40.9 Å². The molecule has 24 heavy (non-hydrogen) atoms. The summed E-state index contributed by atoms with van der Waals surface area (Å²) in [7, 11) is 2.03. The topological polar surface area (TPSA) is 46.4 Å². The minimum atomic E-state index is -0.185. The Bertz CT molecular complexity index is 671. The zero-order valence-corrected chi connectivity index (χ0v) is 16.1. The normalized spacial score (nSPS) is 12.9. The summed E-state index contributed by atoms with van der Waals surface area (Å²) in [5.74, 6) is 0.0746. The second kappa shape index (κ2) is 7.90. The Kier molecular flexibility index (Phi) is 6.13. The molecule has 1 aromatic carbocycles. The number of nitrogens with one attached hydrogen (secondary N) is 2. The lowest BCUT2D eigenvalue weighted by molar-refractivity contribution is -0.885. The van der Waals surface area contributed by atoms with E-state index in [0.29, 0.717) is 6.54 Å². The number of amides is 1. The van der Waals surface area contributed by atoms with Crippen molar-refractivity contribution in [3.63, 3.8) is 0 Å². The molecule has 0 fully saturated rings. The molecule has 2 aromatic rings. The number of aryl methyl sites for hydroxylation is 1. The Morgan fingerprint density at radius 2 is 1.92 bits per heavy atom. The van der Waals surface area contributed by atoms with Gasteiger partial charge in [-0.25, -0.2) is 4.98 Å². The van der Waals surface area contributed by atoms with Crippen LogP contribution in [0.4, 0.5) is 0 Å². The van der Waals surface area contributed by atoms with Crippen LogP contribution in [0.15, 0.2) is 29.6 Å². The van der Waals surface area contributed by atoms with Crippen LogP contribution in [0.25, 0.3) is 10.6 Å². The molecular weight excluding hydrogens is 318 g/mol. The van der Waals surface area contributed by atoms with Gasteiger partial charge in [0.25, 0.3) is 5.91 Å². The summed E-state index contributed by atoms with van der Waals surface area (Å²) in [5.41, 5.74) is 3.35. The fraction of sp³-hybridized carbons (Fsp3) is 0.474. The molecule has 1 aromatic heterocycles. The molecule has 1 heterocycles. The molecular formula is C19H28N3OS+. The number of aromatic nitrogens is 1. The third-order valence-corrected chi connectivity index (χ3v) is 4.56. The Morgan fingerprint density at radius 3 is 2.50 bits per heavy atom. The van der Waals surface area contributed by atoms with E-state index >= 15 is 0 Å². The molecule has 2 N–H and O–H groups in total. The third kappa shape index (κ3) is 5.73. The fourth-order valence-corrected chi connectivity index (χ4v) is 3.34. The Labute approximate surface area is 148 Å². The molecule has 0 aliphatic rings. The Hall–Kier alpha value is -1.72. The largest absolute Gasteiger partial charge is 0.347 e. The van der Waals surface area contributed by atoms with E-state index in [4.69, 9.17) is 4.98 Å². The van der Waals surface area contributed by atoms with Gasteiger partial charge in [-0.3, -0.25) is 4.79 Å². The van der Waals surface area contributed by atoms with Crippen molar-refractivity contribution in [2.45, 2.75) is 46.2 Å². The van der Waals surface area contributed by atoms with Gasteiger partial charge in [0.05, 0.1) is 7.05 Å². The Balaban J connectivity index is 1.94. The van der Waals surface area contributed by atoms with E-state index in [-0.39, 0.29) is 11.4 Å². The summed E-state index contributed by atoms with van der Waals surface area (Å²) in [4.78, 5) is 17.9. The van der Waals surface area contributed by atoms with E-state index in [1.165, 1.54) is 5.56 Å². The van der Waals surface area contributed by atoms with E-state index in [2.05, 4.69) is 41.9 Å². The molecule has 1 atom stereocenters. The van der Waals surface area contributed by atoms with Gasteiger partial charge in [0, 0.05) is 16.5 Å². The maximum absolute atomic E-state index is 12.0. The molecule has 0 spiro atoms. The minimum absolute atomic E-state index is 0.0746. The van der Waals surface area contributed by atoms with Gasteiger partial charge < -0.3 is 10.2 Å². The van der Waals surface area contributed by atoms with E-state index in [0.717, 1.165) is 34.1 Å². The molecule has 1 amide bonds. The molecule has 0 saturated carbocycles. The first kappa shape index (κ1) is 18.6. The SMILES string of the molecule is CCc1ccc(-c2nc(C[NH+](C)CC(=O)NC(C)(C)C)cs2)cc1. The van der Waals surface area contributed by atoms with Gasteiger partial charge in [-0.05, 0) is 32.8 Å². The first-order valence-electron chi connectivity index (χ1n) is 8.43. The van der Waals surface area contributed by atoms with E-state index in [1.54, 1.807) is 11.3 Å². The standard InChI is InChI=1S/C19H27N3OS/c1-6-14-7-9-15(10-8-14)18-20-16(13-24-18)11-22(5)12-17(23)21-19(2,3)4/h7-10,13H,6,11-12H2,1-5H3,(H,21,23)/p+1. The number of carbonyl (C=O) groups excluding carboxylic acids is 1. The van der Waals surface area contributed by atoms with Gasteiger partial charge in [0.1, 0.15) is 17.2 Å². The summed E-state index contributed by atoms with van der Waals surface area (Å²) in [6.45, 7) is 9.35. The van der Waals surface area contributed by atoms with Crippen LogP contribution in [-0.4, -0.2) is 30.0 Å². The number of hydrogen-bond donors (Lipinski definition) is 2. The molecule has 4 nitrogen and oxygen atoms in total. The molecule has 0 radical (unpaired) electrons. The molecule has 5 heteroatoms. The molecule has 130 valence electrons. The fourth-order valence-electron chi connectivity index (χ4n) is 2.51. The Morgan fingerprint density at radius 1 is 1.25 bits per heavy atom. The van der Waals surface area contributed by atoms with Crippen molar-refractivity contribution >= 4 is 17.2 Å². The van der Waals surface area contributed by atoms with Crippen molar-refractivity contribution in [1.29, 1.82) is 0 Å². The summed E-state index contributed by atoms with van der Waals surface area (Å²) < 4.78 is 0. The molecule has 0 saturated heterocycles. The lowest BCUT2D eigenvalue weighted by Crippen LogP contribution is -3.09. The lowest BCUT2D eigenvalue weighted by Gasteiger charge is -2.21. The maximum Gasteiger partial charge on any atom is 0.275 e. The average molecular weight is 347 g/mol. The van der Waals surface area contributed by atoms with Gasteiger partial charge >= 0.3 is 0 Å². The van der Waals surface area contributed by atoms with Gasteiger partial charge in [-0.2, -0.15) is 0 Å². The van der Waals surface area contributed by atoms with Gasteiger partial charge in [-0.15, -0.1) is 11.3 Å². The van der Waals surface area contributed by atoms with Crippen LogP contribution >= 0.6 is 11.3 Å². The van der Waals surface area contributed by atoms with Crippen LogP contribution < -0.4 is 10.2 Å². The quantitative estimate of drug-likeness (QED) is 0.843. The second-order valence-electron chi connectivity index (χ2n) is 7.30. The lowest BCUT2D eigenvalue weighted by atomic mass is 10.1. The monoisotopic (exact) mass is 346 g/mol. The van der Waals surface area contributed by atoms with Crippen LogP contribution in [0.1, 0.15) is 39.0 Å². The first-order valence-corrected chi connectivity index (χ1v) is 9.31. The van der Waals surface area contributed by atoms with E-state index in [1.807, 2.05) is 27.8 Å². The number of likely N-dealkylation sites (N-methyl/N-ethyl adjacent to an activating group) is 1. The maximum atomic E-state index is 12.0. The number of nitrogens with zero attached hydrogens (tertiary/aromatic N) is 1. The van der Waals surface area contributed by atoms with Gasteiger partial charge in [-0.1, -0.05) is 31.2 Å². The molecule has 2 rings (SSSR count). The molecule has 1 unspecified atom stereocenters.